The van der Waals surface area contributed by atoms with E-state index in [1.165, 1.54) is 17.5 Å². The standard InChI is InChI=1S/C22H23ClN2O5S/c1-30-20(26)16-6-8-17(9-7-16)25-15-12-22(21(25)27)10-13-24(14-11-22)31(28,29)19-5-3-2-4-18(19)23/h2-9H,10-15H2,1H3. The van der Waals surface area contributed by atoms with E-state index in [0.717, 1.165) is 5.69 Å². The Balaban J connectivity index is 1.47. The van der Waals surface area contributed by atoms with Gasteiger partial charge in [-0.1, -0.05) is 23.7 Å². The third-order valence-corrected chi connectivity index (χ3v) is 8.65. The number of rotatable bonds is 4. The lowest BCUT2D eigenvalue weighted by Gasteiger charge is -2.37. The quantitative estimate of drug-likeness (QED) is 0.651. The molecule has 2 heterocycles. The number of hydrogen-bond acceptors (Lipinski definition) is 5. The van der Waals surface area contributed by atoms with Crippen LogP contribution in [0.1, 0.15) is 29.6 Å². The average Bonchev–Trinajstić information content (AvgIpc) is 3.09. The molecule has 2 aliphatic rings. The first-order chi connectivity index (χ1) is 14.8. The molecule has 0 atom stereocenters. The van der Waals surface area contributed by atoms with Crippen LogP contribution in [-0.2, 0) is 19.6 Å². The number of carbonyl (C=O) groups excluding carboxylic acids is 2. The number of sulfonamides is 1. The van der Waals surface area contributed by atoms with E-state index in [2.05, 4.69) is 0 Å². The minimum absolute atomic E-state index is 0.00751. The van der Waals surface area contributed by atoms with Crippen LogP contribution in [0.15, 0.2) is 53.4 Å². The van der Waals surface area contributed by atoms with Gasteiger partial charge in [0.2, 0.25) is 15.9 Å². The van der Waals surface area contributed by atoms with Crippen LogP contribution in [0.5, 0.6) is 0 Å². The van der Waals surface area contributed by atoms with E-state index < -0.39 is 21.4 Å². The molecule has 1 amide bonds. The van der Waals surface area contributed by atoms with Gasteiger partial charge in [-0.3, -0.25) is 4.79 Å². The largest absolute Gasteiger partial charge is 0.465 e. The van der Waals surface area contributed by atoms with Gasteiger partial charge in [0.05, 0.1) is 23.1 Å². The predicted molar refractivity (Wildman–Crippen MR) is 117 cm³/mol. The topological polar surface area (TPSA) is 84.0 Å². The van der Waals surface area contributed by atoms with E-state index in [-0.39, 0.29) is 28.9 Å². The summed E-state index contributed by atoms with van der Waals surface area (Å²) in [7, 11) is -2.38. The summed E-state index contributed by atoms with van der Waals surface area (Å²) in [6, 6.07) is 13.1. The number of benzene rings is 2. The normalized spacial score (nSPS) is 19.0. The maximum atomic E-state index is 13.3. The second-order valence-corrected chi connectivity index (χ2v) is 10.2. The number of anilines is 1. The summed E-state index contributed by atoms with van der Waals surface area (Å²) in [5.41, 5.74) is 0.583. The van der Waals surface area contributed by atoms with Crippen molar-refractivity contribution in [2.75, 3.05) is 31.6 Å². The molecule has 9 heteroatoms. The molecular formula is C22H23ClN2O5S. The van der Waals surface area contributed by atoms with Crippen LogP contribution < -0.4 is 4.90 Å². The molecule has 1 spiro atoms. The number of carbonyl (C=O) groups is 2. The zero-order valence-electron chi connectivity index (χ0n) is 17.1. The second-order valence-electron chi connectivity index (χ2n) is 7.86. The van der Waals surface area contributed by atoms with Gasteiger partial charge in [0.1, 0.15) is 4.90 Å². The number of methoxy groups -OCH3 is 1. The van der Waals surface area contributed by atoms with Crippen LogP contribution in [0, 0.1) is 5.41 Å². The number of piperidine rings is 1. The summed E-state index contributed by atoms with van der Waals surface area (Å²) in [5, 5.41) is 0.196. The predicted octanol–water partition coefficient (Wildman–Crippen LogP) is 3.33. The molecular weight excluding hydrogens is 440 g/mol. The van der Waals surface area contributed by atoms with E-state index in [1.54, 1.807) is 47.4 Å². The first kappa shape index (κ1) is 21.8. The number of ether oxygens (including phenoxy) is 1. The van der Waals surface area contributed by atoms with Crippen molar-refractivity contribution in [1.82, 2.24) is 4.31 Å². The Morgan fingerprint density at radius 3 is 2.23 bits per heavy atom. The monoisotopic (exact) mass is 462 g/mol. The lowest BCUT2D eigenvalue weighted by atomic mass is 9.77. The van der Waals surface area contributed by atoms with Crippen LogP contribution in [0.3, 0.4) is 0 Å². The van der Waals surface area contributed by atoms with Crippen molar-refractivity contribution in [1.29, 1.82) is 0 Å². The van der Waals surface area contributed by atoms with Gasteiger partial charge >= 0.3 is 5.97 Å². The van der Waals surface area contributed by atoms with Crippen molar-refractivity contribution >= 4 is 39.2 Å². The lowest BCUT2D eigenvalue weighted by Crippen LogP contribution is -2.46. The average molecular weight is 463 g/mol. The molecule has 31 heavy (non-hydrogen) atoms. The Hall–Kier alpha value is -2.42. The maximum absolute atomic E-state index is 13.3. The molecule has 2 aromatic rings. The zero-order valence-corrected chi connectivity index (χ0v) is 18.7. The van der Waals surface area contributed by atoms with Crippen molar-refractivity contribution in [2.45, 2.75) is 24.2 Å². The van der Waals surface area contributed by atoms with E-state index in [9.17, 15) is 18.0 Å². The summed E-state index contributed by atoms with van der Waals surface area (Å²) in [6.45, 7) is 1.11. The third kappa shape index (κ3) is 3.84. The number of amides is 1. The summed E-state index contributed by atoms with van der Waals surface area (Å²) < 4.78 is 32.1. The molecule has 4 rings (SSSR count). The minimum atomic E-state index is -3.70. The highest BCUT2D eigenvalue weighted by molar-refractivity contribution is 7.89. The zero-order chi connectivity index (χ0) is 22.2. The second kappa shape index (κ2) is 8.26. The Morgan fingerprint density at radius 2 is 1.61 bits per heavy atom. The Morgan fingerprint density at radius 1 is 1.00 bits per heavy atom. The van der Waals surface area contributed by atoms with Gasteiger partial charge in [0.15, 0.2) is 0 Å². The highest BCUT2D eigenvalue weighted by atomic mass is 35.5. The van der Waals surface area contributed by atoms with E-state index in [4.69, 9.17) is 16.3 Å². The van der Waals surface area contributed by atoms with Crippen LogP contribution in [0.4, 0.5) is 5.69 Å². The van der Waals surface area contributed by atoms with Gasteiger partial charge in [-0.25, -0.2) is 13.2 Å². The molecule has 0 aromatic heterocycles. The molecule has 7 nitrogen and oxygen atoms in total. The number of halogens is 1. The number of hydrogen-bond donors (Lipinski definition) is 0. The summed E-state index contributed by atoms with van der Waals surface area (Å²) in [4.78, 5) is 26.7. The number of esters is 1. The Kier molecular flexibility index (Phi) is 5.81. The third-order valence-electron chi connectivity index (χ3n) is 6.25. The van der Waals surface area contributed by atoms with Gasteiger partial charge < -0.3 is 9.64 Å². The first-order valence-corrected chi connectivity index (χ1v) is 11.9. The van der Waals surface area contributed by atoms with Crippen molar-refractivity contribution in [2.24, 2.45) is 5.41 Å². The van der Waals surface area contributed by atoms with Crippen molar-refractivity contribution in [3.05, 3.63) is 59.1 Å². The van der Waals surface area contributed by atoms with E-state index in [0.29, 0.717) is 31.4 Å². The van der Waals surface area contributed by atoms with Gasteiger partial charge in [0, 0.05) is 25.3 Å². The molecule has 0 saturated carbocycles. The fourth-order valence-corrected chi connectivity index (χ4v) is 6.31. The van der Waals surface area contributed by atoms with E-state index in [1.807, 2.05) is 0 Å². The smallest absolute Gasteiger partial charge is 0.337 e. The van der Waals surface area contributed by atoms with Crippen molar-refractivity contribution in [3.63, 3.8) is 0 Å². The first-order valence-electron chi connectivity index (χ1n) is 10.0. The van der Waals surface area contributed by atoms with Gasteiger partial charge in [-0.05, 0) is 55.7 Å². The molecule has 0 aliphatic carbocycles. The fraction of sp³-hybridized carbons (Fsp3) is 0.364. The molecule has 2 saturated heterocycles. The highest BCUT2D eigenvalue weighted by Crippen LogP contribution is 2.44. The van der Waals surface area contributed by atoms with Crippen LogP contribution in [-0.4, -0.2) is 51.3 Å². The maximum Gasteiger partial charge on any atom is 0.337 e. The molecule has 2 aromatic carbocycles. The summed E-state index contributed by atoms with van der Waals surface area (Å²) in [6.07, 6.45) is 1.60. The fourth-order valence-electron chi connectivity index (χ4n) is 4.37. The summed E-state index contributed by atoms with van der Waals surface area (Å²) >= 11 is 6.10. The van der Waals surface area contributed by atoms with Crippen molar-refractivity contribution in [3.8, 4) is 0 Å². The lowest BCUT2D eigenvalue weighted by molar-refractivity contribution is -0.127. The highest BCUT2D eigenvalue weighted by Gasteiger charge is 2.50. The van der Waals surface area contributed by atoms with Gasteiger partial charge in [0.25, 0.3) is 0 Å². The molecule has 164 valence electrons. The molecule has 0 N–H and O–H groups in total. The van der Waals surface area contributed by atoms with Crippen LogP contribution >= 0.6 is 11.6 Å². The SMILES string of the molecule is COC(=O)c1ccc(N2CCC3(CCN(S(=O)(=O)c4ccccc4Cl)CC3)C2=O)cc1. The molecule has 0 radical (unpaired) electrons. The van der Waals surface area contributed by atoms with Crippen LogP contribution in [0.2, 0.25) is 5.02 Å². The van der Waals surface area contributed by atoms with Gasteiger partial charge in [-0.2, -0.15) is 4.31 Å². The van der Waals surface area contributed by atoms with Crippen LogP contribution in [0.25, 0.3) is 0 Å². The molecule has 2 aliphatic heterocycles. The van der Waals surface area contributed by atoms with E-state index >= 15 is 0 Å². The molecule has 0 unspecified atom stereocenters. The Bertz CT molecular complexity index is 1110. The number of nitrogens with zero attached hydrogens (tertiary/aromatic N) is 2. The van der Waals surface area contributed by atoms with Crippen molar-refractivity contribution < 1.29 is 22.7 Å². The summed E-state index contributed by atoms with van der Waals surface area (Å²) in [5.74, 6) is -0.420. The Labute approximate surface area is 186 Å². The minimum Gasteiger partial charge on any atom is -0.465 e. The van der Waals surface area contributed by atoms with Gasteiger partial charge in [-0.15, -0.1) is 0 Å². The molecule has 2 fully saturated rings. The molecule has 0 bridgehead atoms.